The van der Waals surface area contributed by atoms with Crippen molar-refractivity contribution in [1.82, 2.24) is 15.5 Å². The van der Waals surface area contributed by atoms with Gasteiger partial charge in [0.15, 0.2) is 0 Å². The van der Waals surface area contributed by atoms with Gasteiger partial charge in [-0.3, -0.25) is 5.32 Å². The van der Waals surface area contributed by atoms with E-state index in [0.717, 1.165) is 0 Å². The van der Waals surface area contributed by atoms with E-state index < -0.39 is 15.8 Å². The smallest absolute Gasteiger partial charge is 0.286 e. The molecule has 3 aromatic rings. The Hall–Kier alpha value is -3.11. The molecule has 0 bridgehead atoms. The van der Waals surface area contributed by atoms with Gasteiger partial charge in [-0.2, -0.15) is 13.4 Å². The van der Waals surface area contributed by atoms with Crippen LogP contribution in [0.15, 0.2) is 62.3 Å². The van der Waals surface area contributed by atoms with Crippen LogP contribution in [0.2, 0.25) is 0 Å². The number of anilines is 1. The third-order valence-corrected chi connectivity index (χ3v) is 5.52. The summed E-state index contributed by atoms with van der Waals surface area (Å²) in [6, 6.07) is 12.1. The van der Waals surface area contributed by atoms with Crippen LogP contribution >= 0.6 is 0 Å². The molecule has 0 aliphatic carbocycles. The van der Waals surface area contributed by atoms with E-state index in [-0.39, 0.29) is 29.1 Å². The van der Waals surface area contributed by atoms with Gasteiger partial charge in [0, 0.05) is 5.56 Å². The van der Waals surface area contributed by atoms with Gasteiger partial charge in [0.2, 0.25) is 11.7 Å². The molecule has 0 radical (unpaired) electrons. The van der Waals surface area contributed by atoms with Crippen LogP contribution in [0.3, 0.4) is 0 Å². The lowest BCUT2D eigenvalue weighted by Gasteiger charge is -2.19. The van der Waals surface area contributed by atoms with E-state index in [1.807, 2.05) is 0 Å². The van der Waals surface area contributed by atoms with Crippen LogP contribution in [0.25, 0.3) is 11.4 Å². The zero-order valence-electron chi connectivity index (χ0n) is 14.8. The van der Waals surface area contributed by atoms with Crippen molar-refractivity contribution in [3.63, 3.8) is 0 Å². The fraction of sp³-hybridized carbons (Fsp3) is 0.167. The van der Waals surface area contributed by atoms with Gasteiger partial charge in [-0.25, -0.2) is 4.39 Å². The molecular formula is C18H16FN5O3S. The number of nitrogens with one attached hydrogen (secondary N) is 2. The molecule has 28 heavy (non-hydrogen) atoms. The molecule has 0 saturated heterocycles. The fourth-order valence-electron chi connectivity index (χ4n) is 2.74. The lowest BCUT2D eigenvalue weighted by molar-refractivity contribution is 0.345. The minimum Gasteiger partial charge on any atom is -0.341 e. The Labute approximate surface area is 160 Å². The Morgan fingerprint density at radius 2 is 2.04 bits per heavy atom. The van der Waals surface area contributed by atoms with Crippen LogP contribution in [-0.4, -0.2) is 30.9 Å². The summed E-state index contributed by atoms with van der Waals surface area (Å²) in [5, 5.41) is 9.94. The van der Waals surface area contributed by atoms with E-state index in [1.54, 1.807) is 37.3 Å². The Morgan fingerprint density at radius 1 is 1.21 bits per heavy atom. The number of para-hydroxylation sites is 1. The number of fused-ring (bicyclic) bond motifs is 1. The number of sulfonamides is 1. The van der Waals surface area contributed by atoms with Crippen LogP contribution in [0.1, 0.15) is 18.9 Å². The predicted octanol–water partition coefficient (Wildman–Crippen LogP) is 2.74. The fourth-order valence-corrected chi connectivity index (χ4v) is 3.88. The minimum atomic E-state index is -3.74. The number of hydrogen-bond donors (Lipinski definition) is 2. The van der Waals surface area contributed by atoms with Crippen molar-refractivity contribution in [2.24, 2.45) is 4.40 Å². The second kappa shape index (κ2) is 7.13. The summed E-state index contributed by atoms with van der Waals surface area (Å²) in [7, 11) is -3.74. The summed E-state index contributed by atoms with van der Waals surface area (Å²) in [6.07, 6.45) is 0. The summed E-state index contributed by atoms with van der Waals surface area (Å²) < 4.78 is 46.9. The highest BCUT2D eigenvalue weighted by Crippen LogP contribution is 2.26. The number of benzene rings is 2. The summed E-state index contributed by atoms with van der Waals surface area (Å²) in [4.78, 5) is 4.41. The maximum Gasteiger partial charge on any atom is 0.286 e. The van der Waals surface area contributed by atoms with Gasteiger partial charge in [0.05, 0.1) is 18.3 Å². The van der Waals surface area contributed by atoms with Crippen molar-refractivity contribution < 1.29 is 17.3 Å². The average Bonchev–Trinajstić information content (AvgIpc) is 3.16. The largest absolute Gasteiger partial charge is 0.341 e. The van der Waals surface area contributed by atoms with Gasteiger partial charge in [0.1, 0.15) is 16.5 Å². The molecule has 0 fully saturated rings. The van der Waals surface area contributed by atoms with E-state index in [1.165, 1.54) is 18.2 Å². The lowest BCUT2D eigenvalue weighted by atomic mass is 10.2. The summed E-state index contributed by atoms with van der Waals surface area (Å²) >= 11 is 0. The molecule has 0 amide bonds. The molecule has 4 rings (SSSR count). The summed E-state index contributed by atoms with van der Waals surface area (Å²) in [5.41, 5.74) is 0.983. The zero-order valence-corrected chi connectivity index (χ0v) is 15.6. The minimum absolute atomic E-state index is 0.142. The van der Waals surface area contributed by atoms with E-state index >= 15 is 0 Å². The standard InChI is InChI=1S/C18H16FN5O3S/c1-11(18-22-17(23-27-18)12-5-4-6-13(19)9-12)20-10-16-21-14-7-2-3-8-15(14)28(25,26)24-16/h2-9,11,20H,10H2,1H3,(H,21,24). The first-order valence-electron chi connectivity index (χ1n) is 8.45. The van der Waals surface area contributed by atoms with Gasteiger partial charge in [-0.1, -0.05) is 29.4 Å². The molecule has 1 atom stereocenters. The van der Waals surface area contributed by atoms with Crippen LogP contribution < -0.4 is 10.6 Å². The summed E-state index contributed by atoms with van der Waals surface area (Å²) in [6.45, 7) is 1.93. The highest BCUT2D eigenvalue weighted by molar-refractivity contribution is 7.90. The zero-order chi connectivity index (χ0) is 19.7. The number of hydrogen-bond acceptors (Lipinski definition) is 7. The molecule has 0 spiro atoms. The molecule has 2 N–H and O–H groups in total. The number of nitrogens with zero attached hydrogens (tertiary/aromatic N) is 3. The second-order valence-corrected chi connectivity index (χ2v) is 7.78. The Kier molecular flexibility index (Phi) is 4.65. The van der Waals surface area contributed by atoms with Crippen LogP contribution in [0.4, 0.5) is 10.1 Å². The van der Waals surface area contributed by atoms with E-state index in [0.29, 0.717) is 17.1 Å². The first-order chi connectivity index (χ1) is 13.4. The Morgan fingerprint density at radius 3 is 2.86 bits per heavy atom. The average molecular weight is 401 g/mol. The number of aromatic nitrogens is 2. The maximum absolute atomic E-state index is 13.3. The van der Waals surface area contributed by atoms with Crippen molar-refractivity contribution >= 4 is 21.5 Å². The SMILES string of the molecule is CC(NCC1=NS(=O)(=O)c2ccccc2N1)c1nc(-c2cccc(F)c2)no1. The highest BCUT2D eigenvalue weighted by atomic mass is 32.2. The normalized spacial score (nSPS) is 16.0. The Bertz CT molecular complexity index is 1160. The number of rotatable bonds is 5. The third kappa shape index (κ3) is 3.64. The first kappa shape index (κ1) is 18.3. The Balaban J connectivity index is 1.46. The maximum atomic E-state index is 13.3. The molecule has 144 valence electrons. The molecule has 1 aliphatic heterocycles. The van der Waals surface area contributed by atoms with E-state index in [9.17, 15) is 12.8 Å². The first-order valence-corrected chi connectivity index (χ1v) is 9.89. The molecule has 10 heteroatoms. The molecule has 1 aromatic heterocycles. The molecule has 0 saturated carbocycles. The molecule has 1 aliphatic rings. The predicted molar refractivity (Wildman–Crippen MR) is 101 cm³/mol. The van der Waals surface area contributed by atoms with Crippen molar-refractivity contribution in [2.45, 2.75) is 17.9 Å². The topological polar surface area (TPSA) is 109 Å². The van der Waals surface area contributed by atoms with Gasteiger partial charge >= 0.3 is 0 Å². The van der Waals surface area contributed by atoms with Gasteiger partial charge < -0.3 is 9.84 Å². The molecule has 8 nitrogen and oxygen atoms in total. The van der Waals surface area contributed by atoms with Gasteiger partial charge in [-0.15, -0.1) is 4.40 Å². The quantitative estimate of drug-likeness (QED) is 0.676. The van der Waals surface area contributed by atoms with Gasteiger partial charge in [-0.05, 0) is 31.2 Å². The van der Waals surface area contributed by atoms with Crippen LogP contribution in [0.5, 0.6) is 0 Å². The van der Waals surface area contributed by atoms with Gasteiger partial charge in [0.25, 0.3) is 10.0 Å². The molecule has 1 unspecified atom stereocenters. The third-order valence-electron chi connectivity index (χ3n) is 4.14. The molecule has 2 heterocycles. The van der Waals surface area contributed by atoms with Crippen molar-refractivity contribution in [3.05, 3.63) is 60.2 Å². The van der Waals surface area contributed by atoms with Crippen molar-refractivity contribution in [3.8, 4) is 11.4 Å². The highest BCUT2D eigenvalue weighted by Gasteiger charge is 2.25. The summed E-state index contributed by atoms with van der Waals surface area (Å²) in [5.74, 6) is 0.431. The van der Waals surface area contributed by atoms with Crippen molar-refractivity contribution in [1.29, 1.82) is 0 Å². The van der Waals surface area contributed by atoms with Crippen LogP contribution in [0, 0.1) is 5.82 Å². The lowest BCUT2D eigenvalue weighted by Crippen LogP contribution is -2.33. The van der Waals surface area contributed by atoms with Crippen molar-refractivity contribution in [2.75, 3.05) is 11.9 Å². The van der Waals surface area contributed by atoms with E-state index in [4.69, 9.17) is 4.52 Å². The number of halogens is 1. The molecule has 2 aromatic carbocycles. The second-order valence-electron chi connectivity index (χ2n) is 6.20. The number of amidine groups is 1. The monoisotopic (exact) mass is 401 g/mol. The van der Waals surface area contributed by atoms with E-state index in [2.05, 4.69) is 25.2 Å². The van der Waals surface area contributed by atoms with Crippen LogP contribution in [-0.2, 0) is 10.0 Å². The molecular weight excluding hydrogens is 385 g/mol.